The Bertz CT molecular complexity index is 577. The molecule has 0 fully saturated rings. The van der Waals surface area contributed by atoms with E-state index in [4.69, 9.17) is 17.3 Å². The molecule has 0 aliphatic carbocycles. The molecule has 2 aromatic rings. The molecule has 0 saturated carbocycles. The van der Waals surface area contributed by atoms with Crippen LogP contribution in [0.4, 0.5) is 5.95 Å². The molecule has 0 aromatic carbocycles. The molecule has 0 aliphatic rings. The lowest BCUT2D eigenvalue weighted by molar-refractivity contribution is 0.102. The van der Waals surface area contributed by atoms with Gasteiger partial charge < -0.3 is 5.73 Å². The minimum absolute atomic E-state index is 0.128. The summed E-state index contributed by atoms with van der Waals surface area (Å²) in [6.45, 7) is 2.66. The Labute approximate surface area is 114 Å². The summed E-state index contributed by atoms with van der Waals surface area (Å²) in [5, 5.41) is 10.3. The number of amides is 1. The predicted octanol–water partition coefficient (Wildman–Crippen LogP) is 0.241. The highest BCUT2D eigenvalue weighted by atomic mass is 35.5. The summed E-state index contributed by atoms with van der Waals surface area (Å²) < 4.78 is 1.49. The van der Waals surface area contributed by atoms with E-state index in [9.17, 15) is 4.79 Å². The van der Waals surface area contributed by atoms with Crippen molar-refractivity contribution in [3.63, 3.8) is 0 Å². The van der Waals surface area contributed by atoms with Gasteiger partial charge in [0, 0.05) is 12.2 Å². The van der Waals surface area contributed by atoms with Crippen LogP contribution in [0, 0.1) is 6.92 Å². The second kappa shape index (κ2) is 5.72. The lowest BCUT2D eigenvalue weighted by Crippen LogP contribution is -2.15. The second-order valence-corrected chi connectivity index (χ2v) is 4.15. The molecule has 1 amide bonds. The Morgan fingerprint density at radius 3 is 3.00 bits per heavy atom. The molecule has 0 spiro atoms. The van der Waals surface area contributed by atoms with E-state index >= 15 is 0 Å². The first-order chi connectivity index (χ1) is 9.08. The van der Waals surface area contributed by atoms with Gasteiger partial charge in [-0.25, -0.2) is 9.97 Å². The molecule has 0 radical (unpaired) electrons. The van der Waals surface area contributed by atoms with Crippen LogP contribution in [0.2, 0.25) is 5.15 Å². The number of nitrogens with zero attached hydrogens (tertiary/aromatic N) is 5. The maximum atomic E-state index is 11.9. The van der Waals surface area contributed by atoms with Crippen molar-refractivity contribution in [1.82, 2.24) is 25.0 Å². The Morgan fingerprint density at radius 2 is 2.32 bits per heavy atom. The van der Waals surface area contributed by atoms with Gasteiger partial charge in [0.15, 0.2) is 5.69 Å². The Balaban J connectivity index is 2.11. The van der Waals surface area contributed by atoms with Crippen molar-refractivity contribution in [2.45, 2.75) is 13.5 Å². The van der Waals surface area contributed by atoms with Crippen LogP contribution in [-0.2, 0) is 6.54 Å². The van der Waals surface area contributed by atoms with Gasteiger partial charge in [0.1, 0.15) is 5.15 Å². The van der Waals surface area contributed by atoms with Gasteiger partial charge in [0.25, 0.3) is 5.91 Å². The molecular weight excluding hydrogens is 270 g/mol. The molecule has 100 valence electrons. The van der Waals surface area contributed by atoms with Crippen LogP contribution in [0.1, 0.15) is 16.2 Å². The fourth-order valence-electron chi connectivity index (χ4n) is 1.40. The summed E-state index contributed by atoms with van der Waals surface area (Å²) >= 11 is 5.78. The highest BCUT2D eigenvalue weighted by Gasteiger charge is 2.12. The minimum Gasteiger partial charge on any atom is -0.329 e. The molecule has 2 rings (SSSR count). The number of nitrogens with two attached hydrogens (primary N) is 1. The zero-order valence-corrected chi connectivity index (χ0v) is 10.9. The number of carbonyl (C=O) groups excluding carboxylic acids is 1. The maximum Gasteiger partial charge on any atom is 0.280 e. The third-order valence-corrected chi connectivity index (χ3v) is 2.37. The smallest absolute Gasteiger partial charge is 0.280 e. The molecule has 2 heterocycles. The van der Waals surface area contributed by atoms with E-state index in [0.717, 1.165) is 0 Å². The second-order valence-electron chi connectivity index (χ2n) is 3.77. The van der Waals surface area contributed by atoms with Gasteiger partial charge in [-0.15, -0.1) is 5.10 Å². The highest BCUT2D eigenvalue weighted by Crippen LogP contribution is 2.10. The molecule has 0 aliphatic heterocycles. The van der Waals surface area contributed by atoms with Crippen molar-refractivity contribution in [2.75, 3.05) is 11.9 Å². The summed E-state index contributed by atoms with van der Waals surface area (Å²) in [6.07, 6.45) is 1.50. The number of nitrogens with one attached hydrogen (secondary N) is 1. The molecule has 2 aromatic heterocycles. The van der Waals surface area contributed by atoms with Crippen LogP contribution in [0.3, 0.4) is 0 Å². The molecule has 19 heavy (non-hydrogen) atoms. The number of hydrogen-bond donors (Lipinski definition) is 2. The SMILES string of the molecule is Cc1cc(Cl)nc(NC(=O)c2cn(CCN)nn2)n1. The van der Waals surface area contributed by atoms with Crippen molar-refractivity contribution < 1.29 is 4.79 Å². The summed E-state index contributed by atoms with van der Waals surface area (Å²) in [6, 6.07) is 1.59. The molecule has 0 atom stereocenters. The fourth-order valence-corrected chi connectivity index (χ4v) is 1.63. The number of carbonyl (C=O) groups is 1. The summed E-state index contributed by atoms with van der Waals surface area (Å²) in [7, 11) is 0. The molecule has 9 heteroatoms. The van der Waals surface area contributed by atoms with Crippen LogP contribution in [-0.4, -0.2) is 37.4 Å². The summed E-state index contributed by atoms with van der Waals surface area (Å²) in [5.74, 6) is -0.326. The highest BCUT2D eigenvalue weighted by molar-refractivity contribution is 6.29. The first-order valence-electron chi connectivity index (χ1n) is 5.51. The number of anilines is 1. The first-order valence-corrected chi connectivity index (χ1v) is 5.89. The molecular formula is C10H12ClN7O. The molecule has 0 unspecified atom stereocenters. The summed E-state index contributed by atoms with van der Waals surface area (Å²) in [4.78, 5) is 19.8. The van der Waals surface area contributed by atoms with Gasteiger partial charge in [-0.1, -0.05) is 16.8 Å². The number of rotatable bonds is 4. The van der Waals surface area contributed by atoms with E-state index < -0.39 is 5.91 Å². The maximum absolute atomic E-state index is 11.9. The largest absolute Gasteiger partial charge is 0.329 e. The van der Waals surface area contributed by atoms with Gasteiger partial charge in [-0.3, -0.25) is 14.8 Å². The quantitative estimate of drug-likeness (QED) is 0.777. The van der Waals surface area contributed by atoms with Crippen LogP contribution < -0.4 is 11.1 Å². The Hall–Kier alpha value is -2.06. The van der Waals surface area contributed by atoms with Gasteiger partial charge in [0.2, 0.25) is 5.95 Å². The van der Waals surface area contributed by atoms with E-state index in [2.05, 4.69) is 25.6 Å². The third-order valence-electron chi connectivity index (χ3n) is 2.18. The Kier molecular flexibility index (Phi) is 4.03. The van der Waals surface area contributed by atoms with Crippen molar-refractivity contribution >= 4 is 23.5 Å². The standard InChI is InChI=1S/C10H12ClN7O/c1-6-4-8(11)14-10(13-6)15-9(19)7-5-18(3-2-12)17-16-7/h4-5H,2-3,12H2,1H3,(H,13,14,15,19). The van der Waals surface area contributed by atoms with E-state index in [-0.39, 0.29) is 16.8 Å². The Morgan fingerprint density at radius 1 is 1.53 bits per heavy atom. The van der Waals surface area contributed by atoms with Crippen LogP contribution >= 0.6 is 11.6 Å². The van der Waals surface area contributed by atoms with Crippen molar-refractivity contribution in [3.8, 4) is 0 Å². The van der Waals surface area contributed by atoms with E-state index in [1.165, 1.54) is 10.9 Å². The monoisotopic (exact) mass is 281 g/mol. The van der Waals surface area contributed by atoms with Gasteiger partial charge in [0.05, 0.1) is 12.7 Å². The normalized spacial score (nSPS) is 10.5. The van der Waals surface area contributed by atoms with Gasteiger partial charge >= 0.3 is 0 Å². The fraction of sp³-hybridized carbons (Fsp3) is 0.300. The number of aryl methyl sites for hydroxylation is 1. The van der Waals surface area contributed by atoms with Crippen LogP contribution in [0.5, 0.6) is 0 Å². The van der Waals surface area contributed by atoms with E-state index in [0.29, 0.717) is 18.8 Å². The van der Waals surface area contributed by atoms with Gasteiger partial charge in [-0.05, 0) is 13.0 Å². The molecule has 3 N–H and O–H groups in total. The van der Waals surface area contributed by atoms with Crippen molar-refractivity contribution in [3.05, 3.63) is 28.8 Å². The molecule has 8 nitrogen and oxygen atoms in total. The zero-order chi connectivity index (χ0) is 13.8. The minimum atomic E-state index is -0.454. The topological polar surface area (TPSA) is 112 Å². The molecule has 0 bridgehead atoms. The predicted molar refractivity (Wildman–Crippen MR) is 68.8 cm³/mol. The lowest BCUT2D eigenvalue weighted by Gasteiger charge is -2.02. The zero-order valence-electron chi connectivity index (χ0n) is 10.2. The van der Waals surface area contributed by atoms with Crippen LogP contribution in [0.15, 0.2) is 12.3 Å². The van der Waals surface area contributed by atoms with Crippen molar-refractivity contribution in [2.24, 2.45) is 5.73 Å². The third kappa shape index (κ3) is 3.46. The van der Waals surface area contributed by atoms with E-state index in [1.54, 1.807) is 13.0 Å². The average molecular weight is 282 g/mol. The molecule has 0 saturated heterocycles. The summed E-state index contributed by atoms with van der Waals surface area (Å²) in [5.41, 5.74) is 6.20. The average Bonchev–Trinajstić information content (AvgIpc) is 2.76. The number of halogens is 1. The number of hydrogen-bond acceptors (Lipinski definition) is 6. The number of aromatic nitrogens is 5. The first kappa shape index (κ1) is 13.4. The van der Waals surface area contributed by atoms with Gasteiger partial charge in [-0.2, -0.15) is 0 Å². The van der Waals surface area contributed by atoms with E-state index in [1.807, 2.05) is 0 Å². The lowest BCUT2D eigenvalue weighted by atomic mass is 10.4. The van der Waals surface area contributed by atoms with Crippen LogP contribution in [0.25, 0.3) is 0 Å². The van der Waals surface area contributed by atoms with Crippen molar-refractivity contribution in [1.29, 1.82) is 0 Å².